The topological polar surface area (TPSA) is 81.3 Å². The summed E-state index contributed by atoms with van der Waals surface area (Å²) in [7, 11) is 1.60. The molecule has 1 saturated heterocycles. The molecule has 1 unspecified atom stereocenters. The monoisotopic (exact) mass is 350 g/mol. The summed E-state index contributed by atoms with van der Waals surface area (Å²) in [5.74, 6) is 1.41. The van der Waals surface area contributed by atoms with Gasteiger partial charge in [-0.2, -0.15) is 4.98 Å². The first-order chi connectivity index (χ1) is 12.7. The van der Waals surface area contributed by atoms with Crippen LogP contribution in [0, 0.1) is 6.92 Å². The number of amides is 1. The second-order valence-corrected chi connectivity index (χ2v) is 6.25. The van der Waals surface area contributed by atoms with Crippen molar-refractivity contribution in [3.05, 3.63) is 54.0 Å². The van der Waals surface area contributed by atoms with Gasteiger partial charge in [0.25, 0.3) is 0 Å². The lowest BCUT2D eigenvalue weighted by molar-refractivity contribution is -0.117. The van der Waals surface area contributed by atoms with Crippen LogP contribution in [-0.4, -0.2) is 34.7 Å². The fourth-order valence-corrected chi connectivity index (χ4v) is 3.12. The summed E-state index contributed by atoms with van der Waals surface area (Å²) >= 11 is 0. The number of carbonyl (C=O) groups is 1. The van der Waals surface area contributed by atoms with Gasteiger partial charge >= 0.3 is 0 Å². The molecule has 1 aliphatic heterocycles. The average Bonchev–Trinajstić information content (AvgIpc) is 3.29. The molecule has 3 aromatic rings. The fourth-order valence-electron chi connectivity index (χ4n) is 3.12. The Bertz CT molecular complexity index is 939. The number of anilines is 1. The number of hydrogen-bond donors (Lipinski definition) is 0. The van der Waals surface area contributed by atoms with Crippen LogP contribution in [0.25, 0.3) is 11.5 Å². The Labute approximate surface area is 150 Å². The number of aromatic nitrogens is 3. The molecule has 4 rings (SSSR count). The molecule has 7 heteroatoms. The van der Waals surface area contributed by atoms with Crippen LogP contribution in [0.4, 0.5) is 5.69 Å². The molecule has 0 bridgehead atoms. The van der Waals surface area contributed by atoms with E-state index in [1.54, 1.807) is 18.2 Å². The first-order valence-corrected chi connectivity index (χ1v) is 8.35. The van der Waals surface area contributed by atoms with E-state index in [0.29, 0.717) is 36.1 Å². The normalized spacial score (nSPS) is 16.9. The third kappa shape index (κ3) is 2.92. The largest absolute Gasteiger partial charge is 0.495 e. The van der Waals surface area contributed by atoms with E-state index in [9.17, 15) is 4.79 Å². The van der Waals surface area contributed by atoms with Crippen molar-refractivity contribution in [2.75, 3.05) is 18.6 Å². The standard InChI is InChI=1S/C19H18N4O3/c1-12-6-7-16(25-2)15(9-12)23-11-13(10-17(23)24)19-21-18(22-26-19)14-5-3-4-8-20-14/h3-9,13H,10-11H2,1-2H3. The second-order valence-electron chi connectivity index (χ2n) is 6.25. The molecule has 0 radical (unpaired) electrons. The van der Waals surface area contributed by atoms with Gasteiger partial charge in [-0.3, -0.25) is 9.78 Å². The van der Waals surface area contributed by atoms with E-state index < -0.39 is 0 Å². The van der Waals surface area contributed by atoms with Crippen molar-refractivity contribution in [3.63, 3.8) is 0 Å². The van der Waals surface area contributed by atoms with Crippen LogP contribution >= 0.6 is 0 Å². The van der Waals surface area contributed by atoms with Crippen LogP contribution in [0.5, 0.6) is 5.75 Å². The average molecular weight is 350 g/mol. The summed E-state index contributed by atoms with van der Waals surface area (Å²) in [4.78, 5) is 23.0. The fraction of sp³-hybridized carbons (Fsp3) is 0.263. The predicted molar refractivity (Wildman–Crippen MR) is 95.0 cm³/mol. The highest BCUT2D eigenvalue weighted by Crippen LogP contribution is 2.36. The molecular formula is C19H18N4O3. The molecule has 0 aliphatic carbocycles. The molecule has 0 N–H and O–H groups in total. The van der Waals surface area contributed by atoms with Crippen LogP contribution in [-0.2, 0) is 4.79 Å². The van der Waals surface area contributed by atoms with Gasteiger partial charge in [-0.25, -0.2) is 0 Å². The van der Waals surface area contributed by atoms with Crippen LogP contribution in [0.3, 0.4) is 0 Å². The number of rotatable bonds is 4. The highest BCUT2D eigenvalue weighted by atomic mass is 16.5. The van der Waals surface area contributed by atoms with E-state index in [0.717, 1.165) is 11.3 Å². The molecule has 7 nitrogen and oxygen atoms in total. The number of benzene rings is 1. The molecule has 1 atom stereocenters. The molecule has 1 aliphatic rings. The predicted octanol–water partition coefficient (Wildman–Crippen LogP) is 2.97. The van der Waals surface area contributed by atoms with Crippen LogP contribution < -0.4 is 9.64 Å². The van der Waals surface area contributed by atoms with Gasteiger partial charge in [0.1, 0.15) is 11.4 Å². The lowest BCUT2D eigenvalue weighted by Crippen LogP contribution is -2.25. The maximum Gasteiger partial charge on any atom is 0.232 e. The van der Waals surface area contributed by atoms with Crippen LogP contribution in [0.2, 0.25) is 0 Å². The lowest BCUT2D eigenvalue weighted by atomic mass is 10.1. The minimum Gasteiger partial charge on any atom is -0.495 e. The van der Waals surface area contributed by atoms with E-state index in [1.807, 2.05) is 43.3 Å². The summed E-state index contributed by atoms with van der Waals surface area (Å²) in [6, 6.07) is 11.3. The van der Waals surface area contributed by atoms with Crippen molar-refractivity contribution >= 4 is 11.6 Å². The Balaban J connectivity index is 1.59. The highest BCUT2D eigenvalue weighted by molar-refractivity contribution is 5.97. The Hall–Kier alpha value is -3.22. The molecular weight excluding hydrogens is 332 g/mol. The van der Waals surface area contributed by atoms with Crippen LogP contribution in [0.15, 0.2) is 47.1 Å². The molecule has 1 fully saturated rings. The minimum absolute atomic E-state index is 0.0106. The highest BCUT2D eigenvalue weighted by Gasteiger charge is 2.36. The number of methoxy groups -OCH3 is 1. The van der Waals surface area contributed by atoms with E-state index >= 15 is 0 Å². The number of carbonyl (C=O) groups excluding carboxylic acids is 1. The van der Waals surface area contributed by atoms with Gasteiger partial charge in [0, 0.05) is 19.2 Å². The Morgan fingerprint density at radius 2 is 2.15 bits per heavy atom. The van der Waals surface area contributed by atoms with E-state index in [-0.39, 0.29) is 11.8 Å². The first kappa shape index (κ1) is 16.3. The number of ether oxygens (including phenoxy) is 1. The molecule has 2 aromatic heterocycles. The summed E-state index contributed by atoms with van der Waals surface area (Å²) in [6.45, 7) is 2.46. The third-order valence-corrected chi connectivity index (χ3v) is 4.44. The summed E-state index contributed by atoms with van der Waals surface area (Å²) in [5, 5.41) is 4.00. The number of nitrogens with zero attached hydrogens (tertiary/aromatic N) is 4. The second kappa shape index (κ2) is 6.59. The summed E-state index contributed by atoms with van der Waals surface area (Å²) in [6.07, 6.45) is 2.00. The third-order valence-electron chi connectivity index (χ3n) is 4.44. The lowest BCUT2D eigenvalue weighted by Gasteiger charge is -2.19. The van der Waals surface area contributed by atoms with Gasteiger partial charge < -0.3 is 14.2 Å². The van der Waals surface area contributed by atoms with Crippen molar-refractivity contribution in [2.45, 2.75) is 19.3 Å². The Kier molecular flexibility index (Phi) is 4.12. The quantitative estimate of drug-likeness (QED) is 0.719. The molecule has 1 amide bonds. The van der Waals surface area contributed by atoms with Gasteiger partial charge in [0.15, 0.2) is 0 Å². The maximum absolute atomic E-state index is 12.6. The van der Waals surface area contributed by atoms with Crippen molar-refractivity contribution < 1.29 is 14.1 Å². The van der Waals surface area contributed by atoms with E-state index in [2.05, 4.69) is 15.1 Å². The molecule has 1 aromatic carbocycles. The van der Waals surface area contributed by atoms with Crippen LogP contribution in [0.1, 0.15) is 23.8 Å². The van der Waals surface area contributed by atoms with Gasteiger partial charge in [-0.05, 0) is 36.8 Å². The smallest absolute Gasteiger partial charge is 0.232 e. The Morgan fingerprint density at radius 1 is 1.27 bits per heavy atom. The van der Waals surface area contributed by atoms with Crippen molar-refractivity contribution in [2.24, 2.45) is 0 Å². The molecule has 26 heavy (non-hydrogen) atoms. The van der Waals surface area contributed by atoms with E-state index in [4.69, 9.17) is 9.26 Å². The molecule has 132 valence electrons. The zero-order valence-electron chi connectivity index (χ0n) is 14.5. The Morgan fingerprint density at radius 3 is 2.92 bits per heavy atom. The zero-order chi connectivity index (χ0) is 18.1. The summed E-state index contributed by atoms with van der Waals surface area (Å²) in [5.41, 5.74) is 2.47. The SMILES string of the molecule is COc1ccc(C)cc1N1CC(c2nc(-c3ccccn3)no2)CC1=O. The van der Waals surface area contributed by atoms with Gasteiger partial charge in [0.2, 0.25) is 17.6 Å². The number of pyridine rings is 1. The number of hydrogen-bond acceptors (Lipinski definition) is 6. The van der Waals surface area contributed by atoms with Crippen molar-refractivity contribution in [1.82, 2.24) is 15.1 Å². The van der Waals surface area contributed by atoms with Gasteiger partial charge in [-0.1, -0.05) is 17.3 Å². The van der Waals surface area contributed by atoms with Gasteiger partial charge in [-0.15, -0.1) is 0 Å². The molecule has 0 spiro atoms. The van der Waals surface area contributed by atoms with Gasteiger partial charge in [0.05, 0.1) is 18.7 Å². The van der Waals surface area contributed by atoms with Crippen molar-refractivity contribution in [1.29, 1.82) is 0 Å². The first-order valence-electron chi connectivity index (χ1n) is 8.35. The van der Waals surface area contributed by atoms with E-state index in [1.165, 1.54) is 0 Å². The summed E-state index contributed by atoms with van der Waals surface area (Å²) < 4.78 is 10.8. The molecule has 3 heterocycles. The van der Waals surface area contributed by atoms with Crippen molar-refractivity contribution in [3.8, 4) is 17.3 Å². The molecule has 0 saturated carbocycles. The number of aryl methyl sites for hydroxylation is 1. The minimum atomic E-state index is -0.155. The maximum atomic E-state index is 12.6. The zero-order valence-corrected chi connectivity index (χ0v) is 14.5.